The van der Waals surface area contributed by atoms with Crippen LogP contribution in [0.1, 0.15) is 27.1 Å². The molecular formula is C16H16BrF. The van der Waals surface area contributed by atoms with Gasteiger partial charge in [-0.2, -0.15) is 0 Å². The van der Waals surface area contributed by atoms with E-state index in [0.29, 0.717) is 0 Å². The molecule has 0 saturated heterocycles. The van der Waals surface area contributed by atoms with Gasteiger partial charge in [-0.25, -0.2) is 4.39 Å². The smallest absolute Gasteiger partial charge is 0.127 e. The summed E-state index contributed by atoms with van der Waals surface area (Å²) < 4.78 is 13.9. The number of rotatable bonds is 3. The highest BCUT2D eigenvalue weighted by atomic mass is 79.9. The maximum absolute atomic E-state index is 13.9. The molecule has 94 valence electrons. The first kappa shape index (κ1) is 13.3. The molecule has 0 aliphatic carbocycles. The first-order chi connectivity index (χ1) is 8.56. The van der Waals surface area contributed by atoms with E-state index in [1.807, 2.05) is 25.1 Å². The zero-order valence-electron chi connectivity index (χ0n) is 10.6. The summed E-state index contributed by atoms with van der Waals surface area (Å²) in [4.78, 5) is 0.0138. The Kier molecular flexibility index (Phi) is 4.18. The van der Waals surface area contributed by atoms with Gasteiger partial charge in [0.2, 0.25) is 0 Å². The maximum atomic E-state index is 13.9. The number of halogens is 2. The van der Waals surface area contributed by atoms with E-state index in [1.165, 1.54) is 11.1 Å². The standard InChI is InChI=1S/C16H16BrF/c1-11-4-3-5-13(8-11)10-15(17)14-7-6-12(2)9-16(14)18/h3-9,15H,10H2,1-2H3. The Balaban J connectivity index is 2.19. The lowest BCUT2D eigenvalue weighted by atomic mass is 10.0. The molecule has 0 aromatic heterocycles. The van der Waals surface area contributed by atoms with Gasteiger partial charge in [0.05, 0.1) is 0 Å². The van der Waals surface area contributed by atoms with Gasteiger partial charge in [-0.1, -0.05) is 57.9 Å². The van der Waals surface area contributed by atoms with Gasteiger partial charge in [0.1, 0.15) is 5.82 Å². The third-order valence-corrected chi connectivity index (χ3v) is 3.81. The second-order valence-corrected chi connectivity index (χ2v) is 5.79. The van der Waals surface area contributed by atoms with Gasteiger partial charge in [0.15, 0.2) is 0 Å². The molecule has 18 heavy (non-hydrogen) atoms. The van der Waals surface area contributed by atoms with Crippen molar-refractivity contribution in [3.63, 3.8) is 0 Å². The van der Waals surface area contributed by atoms with Crippen molar-refractivity contribution in [2.24, 2.45) is 0 Å². The monoisotopic (exact) mass is 306 g/mol. The van der Waals surface area contributed by atoms with Crippen LogP contribution in [0.3, 0.4) is 0 Å². The average molecular weight is 307 g/mol. The molecule has 0 fully saturated rings. The minimum absolute atomic E-state index is 0.0138. The van der Waals surface area contributed by atoms with Gasteiger partial charge in [-0.3, -0.25) is 0 Å². The lowest BCUT2D eigenvalue weighted by Gasteiger charge is -2.12. The molecule has 0 radical (unpaired) electrons. The summed E-state index contributed by atoms with van der Waals surface area (Å²) in [6.07, 6.45) is 0.793. The van der Waals surface area contributed by atoms with Crippen molar-refractivity contribution < 1.29 is 4.39 Å². The maximum Gasteiger partial charge on any atom is 0.127 e. The molecule has 0 aliphatic rings. The predicted octanol–water partition coefficient (Wildman–Crippen LogP) is 5.12. The van der Waals surface area contributed by atoms with Crippen LogP contribution < -0.4 is 0 Å². The Labute approximate surface area is 116 Å². The number of hydrogen-bond donors (Lipinski definition) is 0. The van der Waals surface area contributed by atoms with Crippen LogP contribution in [0.5, 0.6) is 0 Å². The number of benzene rings is 2. The zero-order valence-corrected chi connectivity index (χ0v) is 12.2. The molecule has 2 heteroatoms. The van der Waals surface area contributed by atoms with E-state index < -0.39 is 0 Å². The minimum atomic E-state index is -0.135. The van der Waals surface area contributed by atoms with Crippen LogP contribution in [0.15, 0.2) is 42.5 Å². The Morgan fingerprint density at radius 3 is 2.44 bits per heavy atom. The van der Waals surface area contributed by atoms with Crippen molar-refractivity contribution in [2.45, 2.75) is 25.1 Å². The number of aryl methyl sites for hydroxylation is 2. The van der Waals surface area contributed by atoms with Crippen LogP contribution in [-0.4, -0.2) is 0 Å². The summed E-state index contributed by atoms with van der Waals surface area (Å²) in [6.45, 7) is 3.97. The second kappa shape index (κ2) is 5.66. The van der Waals surface area contributed by atoms with E-state index >= 15 is 0 Å². The first-order valence-corrected chi connectivity index (χ1v) is 6.93. The van der Waals surface area contributed by atoms with E-state index in [4.69, 9.17) is 0 Å². The molecule has 2 aromatic carbocycles. The van der Waals surface area contributed by atoms with Crippen LogP contribution in [0.4, 0.5) is 4.39 Å². The summed E-state index contributed by atoms with van der Waals surface area (Å²) in [5, 5.41) is 0. The third-order valence-electron chi connectivity index (χ3n) is 2.99. The highest BCUT2D eigenvalue weighted by Crippen LogP contribution is 2.29. The van der Waals surface area contributed by atoms with E-state index in [2.05, 4.69) is 41.1 Å². The Hall–Kier alpha value is -1.15. The second-order valence-electron chi connectivity index (χ2n) is 4.69. The molecule has 0 saturated carbocycles. The van der Waals surface area contributed by atoms with Crippen molar-refractivity contribution in [1.82, 2.24) is 0 Å². The normalized spacial score (nSPS) is 12.4. The van der Waals surface area contributed by atoms with Gasteiger partial charge >= 0.3 is 0 Å². The molecule has 0 bridgehead atoms. The largest absolute Gasteiger partial charge is 0.207 e. The molecule has 0 heterocycles. The molecule has 0 aliphatic heterocycles. The molecule has 1 atom stereocenters. The quantitative estimate of drug-likeness (QED) is 0.690. The van der Waals surface area contributed by atoms with Crippen LogP contribution >= 0.6 is 15.9 Å². The van der Waals surface area contributed by atoms with Gasteiger partial charge < -0.3 is 0 Å². The fraction of sp³-hybridized carbons (Fsp3) is 0.250. The summed E-state index contributed by atoms with van der Waals surface area (Å²) >= 11 is 3.58. The third kappa shape index (κ3) is 3.20. The van der Waals surface area contributed by atoms with E-state index in [0.717, 1.165) is 17.5 Å². The molecule has 0 N–H and O–H groups in total. The predicted molar refractivity (Wildman–Crippen MR) is 77.7 cm³/mol. The molecule has 0 nitrogen and oxygen atoms in total. The fourth-order valence-electron chi connectivity index (χ4n) is 2.04. The summed E-state index contributed by atoms with van der Waals surface area (Å²) in [6, 6.07) is 13.7. The van der Waals surface area contributed by atoms with Crippen molar-refractivity contribution in [1.29, 1.82) is 0 Å². The average Bonchev–Trinajstić information content (AvgIpc) is 2.28. The zero-order chi connectivity index (χ0) is 13.1. The van der Waals surface area contributed by atoms with Gasteiger partial charge in [0, 0.05) is 10.4 Å². The van der Waals surface area contributed by atoms with Crippen molar-refractivity contribution >= 4 is 15.9 Å². The molecule has 1 unspecified atom stereocenters. The van der Waals surface area contributed by atoms with Gasteiger partial charge in [0.25, 0.3) is 0 Å². The lowest BCUT2D eigenvalue weighted by Crippen LogP contribution is -1.99. The van der Waals surface area contributed by atoms with Crippen molar-refractivity contribution in [3.8, 4) is 0 Å². The highest BCUT2D eigenvalue weighted by Gasteiger charge is 2.13. The van der Waals surface area contributed by atoms with Crippen LogP contribution in [-0.2, 0) is 6.42 Å². The van der Waals surface area contributed by atoms with Crippen molar-refractivity contribution in [3.05, 3.63) is 70.5 Å². The number of alkyl halides is 1. The van der Waals surface area contributed by atoms with Gasteiger partial charge in [-0.05, 0) is 37.5 Å². The summed E-state index contributed by atoms with van der Waals surface area (Å²) in [5.41, 5.74) is 4.13. The molecule has 2 rings (SSSR count). The first-order valence-electron chi connectivity index (χ1n) is 6.02. The molecule has 0 amide bonds. The topological polar surface area (TPSA) is 0 Å². The van der Waals surface area contributed by atoms with Gasteiger partial charge in [-0.15, -0.1) is 0 Å². The van der Waals surface area contributed by atoms with Crippen molar-refractivity contribution in [2.75, 3.05) is 0 Å². The van der Waals surface area contributed by atoms with E-state index in [1.54, 1.807) is 6.07 Å². The van der Waals surface area contributed by atoms with E-state index in [-0.39, 0.29) is 10.6 Å². The highest BCUT2D eigenvalue weighted by molar-refractivity contribution is 9.09. The minimum Gasteiger partial charge on any atom is -0.207 e. The Bertz CT molecular complexity index is 549. The Morgan fingerprint density at radius 2 is 1.78 bits per heavy atom. The summed E-state index contributed by atoms with van der Waals surface area (Å²) in [7, 11) is 0. The van der Waals surface area contributed by atoms with Crippen LogP contribution in [0.2, 0.25) is 0 Å². The summed E-state index contributed by atoms with van der Waals surface area (Å²) in [5.74, 6) is -0.135. The fourth-order valence-corrected chi connectivity index (χ4v) is 2.79. The number of hydrogen-bond acceptors (Lipinski definition) is 0. The lowest BCUT2D eigenvalue weighted by molar-refractivity contribution is 0.607. The van der Waals surface area contributed by atoms with Crippen LogP contribution in [0.25, 0.3) is 0 Å². The SMILES string of the molecule is Cc1cccc(CC(Br)c2ccc(C)cc2F)c1. The van der Waals surface area contributed by atoms with E-state index in [9.17, 15) is 4.39 Å². The molecular weight excluding hydrogens is 291 g/mol. The molecule has 2 aromatic rings. The molecule has 0 spiro atoms. The van der Waals surface area contributed by atoms with Crippen LogP contribution in [0, 0.1) is 19.7 Å². The Morgan fingerprint density at radius 1 is 1.06 bits per heavy atom.